The zero-order valence-corrected chi connectivity index (χ0v) is 17.6. The molecule has 0 radical (unpaired) electrons. The maximum Gasteiger partial charge on any atom is 0.230 e. The number of halogens is 2. The highest BCUT2D eigenvalue weighted by Crippen LogP contribution is 2.34. The molecule has 0 spiro atoms. The molecule has 1 aliphatic heterocycles. The second-order valence-corrected chi connectivity index (χ2v) is 7.71. The molecule has 7 heteroatoms. The maximum atomic E-state index is 13.0. The fourth-order valence-corrected chi connectivity index (χ4v) is 4.35. The summed E-state index contributed by atoms with van der Waals surface area (Å²) in [5.41, 5.74) is 6.70. The number of carbonyl (C=O) groups is 1. The zero-order chi connectivity index (χ0) is 16.3. The normalized spacial score (nSPS) is 17.9. The van der Waals surface area contributed by atoms with Crippen LogP contribution in [0.2, 0.25) is 0 Å². The number of thiazole rings is 1. The first-order valence-corrected chi connectivity index (χ1v) is 9.22. The molecule has 1 amide bonds. The molecular formula is C17H31Cl2N3OS. The predicted octanol–water partition coefficient (Wildman–Crippen LogP) is 4.07. The van der Waals surface area contributed by atoms with Crippen molar-refractivity contribution < 1.29 is 4.79 Å². The van der Waals surface area contributed by atoms with Crippen LogP contribution in [0.3, 0.4) is 0 Å². The molecule has 140 valence electrons. The van der Waals surface area contributed by atoms with Gasteiger partial charge >= 0.3 is 0 Å². The summed E-state index contributed by atoms with van der Waals surface area (Å²) in [6.45, 7) is 10.4. The predicted molar refractivity (Wildman–Crippen MR) is 107 cm³/mol. The Bertz CT molecular complexity index is 504. The fraction of sp³-hybridized carbons (Fsp3) is 0.765. The van der Waals surface area contributed by atoms with Crippen molar-refractivity contribution in [2.24, 2.45) is 11.1 Å². The molecule has 1 aromatic heterocycles. The van der Waals surface area contributed by atoms with Crippen LogP contribution in [0, 0.1) is 19.3 Å². The summed E-state index contributed by atoms with van der Waals surface area (Å²) in [7, 11) is 0. The van der Waals surface area contributed by atoms with Gasteiger partial charge in [0.1, 0.15) is 0 Å². The van der Waals surface area contributed by atoms with Gasteiger partial charge in [-0.3, -0.25) is 4.79 Å². The van der Waals surface area contributed by atoms with Crippen molar-refractivity contribution >= 4 is 42.1 Å². The van der Waals surface area contributed by atoms with Gasteiger partial charge in [-0.1, -0.05) is 13.8 Å². The van der Waals surface area contributed by atoms with Gasteiger partial charge in [0.15, 0.2) is 0 Å². The molecule has 1 unspecified atom stereocenters. The van der Waals surface area contributed by atoms with E-state index in [1.165, 1.54) is 9.88 Å². The van der Waals surface area contributed by atoms with Gasteiger partial charge in [-0.05, 0) is 39.5 Å². The molecule has 2 rings (SSSR count). The minimum Gasteiger partial charge on any atom is -0.341 e. The number of aryl methyl sites for hydroxylation is 2. The van der Waals surface area contributed by atoms with Crippen LogP contribution in [0.5, 0.6) is 0 Å². The van der Waals surface area contributed by atoms with Crippen LogP contribution in [-0.4, -0.2) is 35.4 Å². The SMILES string of the molecule is CCC(CC)(CN)C(=O)N1CCCC(c2nc(C)c(C)s2)C1.Cl.Cl. The first-order valence-electron chi connectivity index (χ1n) is 8.40. The number of likely N-dealkylation sites (tertiary alicyclic amines) is 1. The third-order valence-electron chi connectivity index (χ3n) is 5.30. The van der Waals surface area contributed by atoms with Crippen molar-refractivity contribution in [3.05, 3.63) is 15.6 Å². The van der Waals surface area contributed by atoms with Crippen molar-refractivity contribution in [3.63, 3.8) is 0 Å². The van der Waals surface area contributed by atoms with E-state index in [4.69, 9.17) is 10.7 Å². The third-order valence-corrected chi connectivity index (χ3v) is 6.54. The molecule has 0 saturated carbocycles. The summed E-state index contributed by atoms with van der Waals surface area (Å²) in [4.78, 5) is 21.0. The average Bonchev–Trinajstić information content (AvgIpc) is 2.89. The van der Waals surface area contributed by atoms with Crippen molar-refractivity contribution in [1.82, 2.24) is 9.88 Å². The van der Waals surface area contributed by atoms with Gasteiger partial charge in [0.25, 0.3) is 0 Å². The summed E-state index contributed by atoms with van der Waals surface area (Å²) in [6.07, 6.45) is 3.82. The molecule has 1 fully saturated rings. The number of amides is 1. The number of hydrogen-bond donors (Lipinski definition) is 1. The summed E-state index contributed by atoms with van der Waals surface area (Å²) >= 11 is 1.79. The Morgan fingerprint density at radius 3 is 2.42 bits per heavy atom. The molecule has 1 atom stereocenters. The second kappa shape index (κ2) is 9.95. The molecule has 4 nitrogen and oxygen atoms in total. The standard InChI is InChI=1S/C17H29N3OS.2ClH/c1-5-17(6-2,11-18)16(21)20-9-7-8-14(10-20)15-19-12(3)13(4)22-15;;/h14H,5-11,18H2,1-4H3;2*1H. The number of rotatable bonds is 5. The molecule has 0 bridgehead atoms. The Hall–Kier alpha value is -0.360. The average molecular weight is 396 g/mol. The van der Waals surface area contributed by atoms with E-state index >= 15 is 0 Å². The van der Waals surface area contributed by atoms with E-state index in [9.17, 15) is 4.79 Å². The minimum absolute atomic E-state index is 0. The summed E-state index contributed by atoms with van der Waals surface area (Å²) in [5.74, 6) is 0.633. The molecule has 1 aromatic rings. The van der Waals surface area contributed by atoms with Gasteiger partial charge < -0.3 is 10.6 Å². The topological polar surface area (TPSA) is 59.2 Å². The van der Waals surface area contributed by atoms with Crippen LogP contribution in [0.15, 0.2) is 0 Å². The van der Waals surface area contributed by atoms with Crippen LogP contribution < -0.4 is 5.73 Å². The third kappa shape index (κ3) is 4.63. The van der Waals surface area contributed by atoms with Gasteiger partial charge in [-0.15, -0.1) is 36.2 Å². The van der Waals surface area contributed by atoms with Crippen LogP contribution in [0.4, 0.5) is 0 Å². The number of nitrogens with two attached hydrogens (primary N) is 1. The number of nitrogens with zero attached hydrogens (tertiary/aromatic N) is 2. The van der Waals surface area contributed by atoms with Crippen molar-refractivity contribution in [2.75, 3.05) is 19.6 Å². The Kier molecular flexibility index (Phi) is 9.80. The Labute approximate surface area is 162 Å². The van der Waals surface area contributed by atoms with E-state index in [1.54, 1.807) is 11.3 Å². The fourth-order valence-electron chi connectivity index (χ4n) is 3.30. The summed E-state index contributed by atoms with van der Waals surface area (Å²) in [5, 5.41) is 1.19. The van der Waals surface area contributed by atoms with Crippen molar-refractivity contribution in [1.29, 1.82) is 0 Å². The number of carbonyl (C=O) groups excluding carboxylic acids is 1. The van der Waals surface area contributed by atoms with Gasteiger partial charge in [0.05, 0.1) is 16.1 Å². The molecule has 1 aliphatic rings. The lowest BCUT2D eigenvalue weighted by atomic mass is 9.80. The van der Waals surface area contributed by atoms with Crippen LogP contribution >= 0.6 is 36.2 Å². The summed E-state index contributed by atoms with van der Waals surface area (Å²) in [6, 6.07) is 0. The highest BCUT2D eigenvalue weighted by Gasteiger charge is 2.39. The summed E-state index contributed by atoms with van der Waals surface area (Å²) < 4.78 is 0. The van der Waals surface area contributed by atoms with E-state index in [2.05, 4.69) is 27.7 Å². The number of piperidine rings is 1. The highest BCUT2D eigenvalue weighted by atomic mass is 35.5. The van der Waals surface area contributed by atoms with Crippen molar-refractivity contribution in [3.8, 4) is 0 Å². The molecular weight excluding hydrogens is 365 g/mol. The first-order chi connectivity index (χ1) is 10.5. The van der Waals surface area contributed by atoms with Crippen LogP contribution in [-0.2, 0) is 4.79 Å². The lowest BCUT2D eigenvalue weighted by Crippen LogP contribution is -2.50. The van der Waals surface area contributed by atoms with Gasteiger partial charge in [0, 0.05) is 30.4 Å². The first kappa shape index (κ1) is 23.6. The molecule has 1 saturated heterocycles. The quantitative estimate of drug-likeness (QED) is 0.816. The Morgan fingerprint density at radius 1 is 1.33 bits per heavy atom. The maximum absolute atomic E-state index is 13.0. The van der Waals surface area contributed by atoms with Crippen molar-refractivity contribution in [2.45, 2.75) is 59.3 Å². The van der Waals surface area contributed by atoms with E-state index in [1.807, 2.05) is 4.90 Å². The smallest absolute Gasteiger partial charge is 0.230 e. The Morgan fingerprint density at radius 2 is 1.96 bits per heavy atom. The molecule has 2 heterocycles. The molecule has 2 N–H and O–H groups in total. The van der Waals surface area contributed by atoms with E-state index in [0.717, 1.165) is 44.5 Å². The highest BCUT2D eigenvalue weighted by molar-refractivity contribution is 7.11. The van der Waals surface area contributed by atoms with E-state index in [0.29, 0.717) is 12.5 Å². The van der Waals surface area contributed by atoms with Gasteiger partial charge in [-0.2, -0.15) is 0 Å². The monoisotopic (exact) mass is 395 g/mol. The number of hydrogen-bond acceptors (Lipinski definition) is 4. The minimum atomic E-state index is -0.378. The van der Waals surface area contributed by atoms with Crippen LogP contribution in [0.1, 0.15) is 61.0 Å². The zero-order valence-electron chi connectivity index (χ0n) is 15.1. The van der Waals surface area contributed by atoms with Crippen LogP contribution in [0.25, 0.3) is 0 Å². The lowest BCUT2D eigenvalue weighted by molar-refractivity contribution is -0.143. The van der Waals surface area contributed by atoms with E-state index in [-0.39, 0.29) is 36.1 Å². The molecule has 0 aromatic carbocycles. The van der Waals surface area contributed by atoms with E-state index < -0.39 is 0 Å². The van der Waals surface area contributed by atoms with Gasteiger partial charge in [0.2, 0.25) is 5.91 Å². The molecule has 24 heavy (non-hydrogen) atoms. The largest absolute Gasteiger partial charge is 0.341 e. The second-order valence-electron chi connectivity index (χ2n) is 6.48. The Balaban J connectivity index is 0.00000264. The van der Waals surface area contributed by atoms with Gasteiger partial charge in [-0.25, -0.2) is 4.98 Å². The lowest BCUT2D eigenvalue weighted by Gasteiger charge is -2.39. The molecule has 0 aliphatic carbocycles. The number of aromatic nitrogens is 1.